The van der Waals surface area contributed by atoms with Gasteiger partial charge < -0.3 is 25.6 Å². The third kappa shape index (κ3) is 7.12. The molecule has 1 aliphatic heterocycles. The first-order chi connectivity index (χ1) is 18.8. The number of aryl methyl sites for hydroxylation is 1. The molecule has 9 nitrogen and oxygen atoms in total. The number of likely N-dealkylation sites (N-methyl/N-ethyl adjacent to an activating group) is 1. The largest absolute Gasteiger partial charge is 0.414 e. The van der Waals surface area contributed by atoms with E-state index in [1.165, 1.54) is 29.7 Å². The molecular weight excluding hydrogens is 494 g/mol. The number of alkyl carbamates (subject to hydrolysis) is 1. The number of nitrogens with one attached hydrogen (secondary N) is 3. The van der Waals surface area contributed by atoms with Gasteiger partial charge in [-0.2, -0.15) is 0 Å². The zero-order chi connectivity index (χ0) is 27.9. The zero-order valence-corrected chi connectivity index (χ0v) is 23.9. The van der Waals surface area contributed by atoms with Crippen molar-refractivity contribution in [3.63, 3.8) is 0 Å². The molecule has 4 rings (SSSR count). The Bertz CT molecular complexity index is 1050. The molecule has 1 aromatic carbocycles. The lowest BCUT2D eigenvalue weighted by Gasteiger charge is -2.41. The van der Waals surface area contributed by atoms with Crippen LogP contribution in [0.5, 0.6) is 0 Å². The number of nitrogens with zero attached hydrogens (tertiary/aromatic N) is 2. The fourth-order valence-corrected chi connectivity index (χ4v) is 5.86. The second-order valence-electron chi connectivity index (χ2n) is 11.4. The molecule has 3 atom stereocenters. The molecule has 2 aliphatic carbocycles. The molecule has 0 aromatic heterocycles. The van der Waals surface area contributed by atoms with Gasteiger partial charge in [0.1, 0.15) is 6.04 Å². The highest BCUT2D eigenvalue weighted by Crippen LogP contribution is 2.30. The van der Waals surface area contributed by atoms with E-state index in [1.54, 1.807) is 14.0 Å². The summed E-state index contributed by atoms with van der Waals surface area (Å²) in [5, 5.41) is 8.86. The fraction of sp³-hybridized carbons (Fsp3) is 0.633. The second-order valence-corrected chi connectivity index (χ2v) is 11.4. The van der Waals surface area contributed by atoms with E-state index in [4.69, 9.17) is 4.74 Å². The number of fused-ring (bicyclic) bond motifs is 1. The zero-order valence-electron chi connectivity index (χ0n) is 23.9. The molecule has 0 spiro atoms. The van der Waals surface area contributed by atoms with Crippen LogP contribution in [0.2, 0.25) is 0 Å². The summed E-state index contributed by atoms with van der Waals surface area (Å²) in [6.07, 6.45) is 9.89. The van der Waals surface area contributed by atoms with Crippen molar-refractivity contribution >= 4 is 17.9 Å². The van der Waals surface area contributed by atoms with Gasteiger partial charge in [-0.1, -0.05) is 57.4 Å². The first-order valence-corrected chi connectivity index (χ1v) is 14.6. The highest BCUT2D eigenvalue weighted by Gasteiger charge is 2.36. The Morgan fingerprint density at radius 3 is 2.44 bits per heavy atom. The number of rotatable bonds is 8. The molecule has 0 saturated heterocycles. The quantitative estimate of drug-likeness (QED) is 0.464. The summed E-state index contributed by atoms with van der Waals surface area (Å²) in [6.45, 7) is 6.61. The van der Waals surface area contributed by atoms with Gasteiger partial charge in [0.2, 0.25) is 11.8 Å². The predicted molar refractivity (Wildman–Crippen MR) is 150 cm³/mol. The number of hydrogen-bond donors (Lipinski definition) is 3. The first-order valence-electron chi connectivity index (χ1n) is 14.6. The van der Waals surface area contributed by atoms with Gasteiger partial charge in [-0.3, -0.25) is 14.5 Å². The lowest BCUT2D eigenvalue weighted by Crippen LogP contribution is -2.56. The van der Waals surface area contributed by atoms with Crippen molar-refractivity contribution in [3.05, 3.63) is 47.5 Å². The van der Waals surface area contributed by atoms with E-state index < -0.39 is 18.2 Å². The standard InChI is InChI=1S/C30H45N5O4/c1-20(2)27(33-28(36)21(3)31-4)29(37)35-18-17-34(23-13-6-5-7-14-23)19-26(35)39-30(38)32-25-16-10-12-22-11-8-9-15-24(22)25/h8-9,11,15,19-21,23,25,27,31H,5-7,10,12-14,16-18H2,1-4H3,(H,32,38)(H,33,36). The molecule has 0 radical (unpaired) electrons. The molecule has 1 heterocycles. The lowest BCUT2D eigenvalue weighted by atomic mass is 9.88. The molecule has 0 bridgehead atoms. The summed E-state index contributed by atoms with van der Waals surface area (Å²) in [6, 6.07) is 7.25. The average Bonchev–Trinajstić information content (AvgIpc) is 2.95. The number of benzene rings is 1. The van der Waals surface area contributed by atoms with E-state index in [2.05, 4.69) is 33.0 Å². The Morgan fingerprint density at radius 2 is 1.72 bits per heavy atom. The van der Waals surface area contributed by atoms with Gasteiger partial charge in [-0.15, -0.1) is 0 Å². The van der Waals surface area contributed by atoms with Gasteiger partial charge in [0.25, 0.3) is 5.91 Å². The number of hydrogen-bond acceptors (Lipinski definition) is 6. The van der Waals surface area contributed by atoms with Crippen molar-refractivity contribution in [1.82, 2.24) is 25.8 Å². The molecule has 9 heteroatoms. The fourth-order valence-electron chi connectivity index (χ4n) is 5.86. The van der Waals surface area contributed by atoms with Crippen LogP contribution in [0.1, 0.15) is 82.9 Å². The number of amides is 3. The van der Waals surface area contributed by atoms with Gasteiger partial charge in [0, 0.05) is 19.1 Å². The van der Waals surface area contributed by atoms with Crippen LogP contribution in [0, 0.1) is 5.92 Å². The third-order valence-electron chi connectivity index (χ3n) is 8.35. The van der Waals surface area contributed by atoms with Gasteiger partial charge in [0.15, 0.2) is 0 Å². The van der Waals surface area contributed by atoms with Crippen LogP contribution in [-0.2, 0) is 20.7 Å². The van der Waals surface area contributed by atoms with Crippen LogP contribution in [0.25, 0.3) is 0 Å². The maximum absolute atomic E-state index is 13.8. The minimum atomic E-state index is -0.741. The summed E-state index contributed by atoms with van der Waals surface area (Å²) in [4.78, 5) is 43.5. The maximum Gasteiger partial charge on any atom is 0.414 e. The van der Waals surface area contributed by atoms with Crippen LogP contribution in [-0.4, -0.2) is 66.0 Å². The Morgan fingerprint density at radius 1 is 0.974 bits per heavy atom. The molecule has 39 heavy (non-hydrogen) atoms. The molecule has 1 aromatic rings. The van der Waals surface area contributed by atoms with E-state index in [1.807, 2.05) is 32.2 Å². The van der Waals surface area contributed by atoms with Crippen LogP contribution in [0.4, 0.5) is 4.79 Å². The SMILES string of the molecule is CNC(C)C(=O)NC(C(=O)N1CCN(C2CCCCC2)C=C1OC(=O)NC1CCCc2ccccc21)C(C)C. The Hall–Kier alpha value is -3.07. The second kappa shape index (κ2) is 13.3. The van der Waals surface area contributed by atoms with Gasteiger partial charge >= 0.3 is 6.09 Å². The van der Waals surface area contributed by atoms with E-state index in [-0.39, 0.29) is 29.7 Å². The molecule has 3 unspecified atom stereocenters. The first kappa shape index (κ1) is 28.9. The van der Waals surface area contributed by atoms with E-state index in [0.29, 0.717) is 19.1 Å². The normalized spacial score (nSPS) is 21.5. The van der Waals surface area contributed by atoms with Crippen LogP contribution < -0.4 is 16.0 Å². The molecule has 3 N–H and O–H groups in total. The van der Waals surface area contributed by atoms with Crippen LogP contribution in [0.3, 0.4) is 0 Å². The van der Waals surface area contributed by atoms with Gasteiger partial charge in [0.05, 0.1) is 18.3 Å². The highest BCUT2D eigenvalue weighted by atomic mass is 16.6. The summed E-state index contributed by atoms with van der Waals surface area (Å²) in [5.74, 6) is -0.437. The van der Waals surface area contributed by atoms with Crippen LogP contribution in [0.15, 0.2) is 36.3 Å². The molecule has 3 amide bonds. The van der Waals surface area contributed by atoms with Crippen molar-refractivity contribution in [3.8, 4) is 0 Å². The van der Waals surface area contributed by atoms with Crippen molar-refractivity contribution < 1.29 is 19.1 Å². The number of carbonyl (C=O) groups is 3. The van der Waals surface area contributed by atoms with E-state index in [9.17, 15) is 14.4 Å². The Balaban J connectivity index is 1.54. The lowest BCUT2D eigenvalue weighted by molar-refractivity contribution is -0.139. The molecule has 214 valence electrons. The average molecular weight is 540 g/mol. The third-order valence-corrected chi connectivity index (χ3v) is 8.35. The number of ether oxygens (including phenoxy) is 1. The minimum absolute atomic E-state index is 0.129. The monoisotopic (exact) mass is 539 g/mol. The van der Waals surface area contributed by atoms with Crippen molar-refractivity contribution in [2.24, 2.45) is 5.92 Å². The molecular formula is C30H45N5O4. The molecule has 1 saturated carbocycles. The Kier molecular flexibility index (Phi) is 9.88. The van der Waals surface area contributed by atoms with Crippen molar-refractivity contribution in [2.45, 2.75) is 96.3 Å². The Labute approximate surface area is 232 Å². The predicted octanol–water partition coefficient (Wildman–Crippen LogP) is 3.81. The molecule has 3 aliphatic rings. The molecule has 1 fully saturated rings. The van der Waals surface area contributed by atoms with Crippen LogP contribution >= 0.6 is 0 Å². The maximum atomic E-state index is 13.8. The van der Waals surface area contributed by atoms with E-state index in [0.717, 1.165) is 37.7 Å². The minimum Gasteiger partial charge on any atom is -0.391 e. The summed E-state index contributed by atoms with van der Waals surface area (Å²) >= 11 is 0. The number of carbonyl (C=O) groups excluding carboxylic acids is 3. The van der Waals surface area contributed by atoms with E-state index >= 15 is 0 Å². The summed E-state index contributed by atoms with van der Waals surface area (Å²) < 4.78 is 5.92. The van der Waals surface area contributed by atoms with Crippen molar-refractivity contribution in [2.75, 3.05) is 20.1 Å². The summed E-state index contributed by atoms with van der Waals surface area (Å²) in [7, 11) is 1.71. The van der Waals surface area contributed by atoms with Gasteiger partial charge in [-0.05, 0) is 63.1 Å². The van der Waals surface area contributed by atoms with Gasteiger partial charge in [-0.25, -0.2) is 4.79 Å². The summed E-state index contributed by atoms with van der Waals surface area (Å²) in [5.41, 5.74) is 2.37. The highest BCUT2D eigenvalue weighted by molar-refractivity contribution is 5.90. The van der Waals surface area contributed by atoms with Crippen molar-refractivity contribution in [1.29, 1.82) is 0 Å². The topological polar surface area (TPSA) is 103 Å². The smallest absolute Gasteiger partial charge is 0.391 e.